The smallest absolute Gasteiger partial charge is 0.337 e. The van der Waals surface area contributed by atoms with Crippen LogP contribution >= 0.6 is 27.5 Å². The lowest BCUT2D eigenvalue weighted by molar-refractivity contribution is 0.0696. The normalized spacial score (nSPS) is 16.2. The first-order chi connectivity index (χ1) is 9.25. The van der Waals surface area contributed by atoms with Gasteiger partial charge >= 0.3 is 5.97 Å². The van der Waals surface area contributed by atoms with Crippen molar-refractivity contribution in [1.82, 2.24) is 4.31 Å². The molecule has 5 nitrogen and oxygen atoms in total. The Morgan fingerprint density at radius 2 is 2.05 bits per heavy atom. The van der Waals surface area contributed by atoms with Crippen LogP contribution in [0.5, 0.6) is 0 Å². The molecule has 110 valence electrons. The third-order valence-corrected chi connectivity index (χ3v) is 6.65. The lowest BCUT2D eigenvalue weighted by atomic mass is 9.94. The van der Waals surface area contributed by atoms with Gasteiger partial charge in [0.15, 0.2) is 0 Å². The van der Waals surface area contributed by atoms with E-state index in [1.54, 1.807) is 0 Å². The number of halogens is 2. The van der Waals surface area contributed by atoms with Crippen LogP contribution < -0.4 is 0 Å². The molecular formula is C12H13BrClNO4S. The fourth-order valence-corrected chi connectivity index (χ4v) is 4.25. The van der Waals surface area contributed by atoms with Crippen LogP contribution in [0.1, 0.15) is 29.6 Å². The first kappa shape index (κ1) is 15.8. The van der Waals surface area contributed by atoms with Gasteiger partial charge in [0, 0.05) is 17.6 Å². The highest BCUT2D eigenvalue weighted by Gasteiger charge is 2.32. The van der Waals surface area contributed by atoms with E-state index in [2.05, 4.69) is 15.9 Å². The molecule has 1 aliphatic carbocycles. The summed E-state index contributed by atoms with van der Waals surface area (Å²) < 4.78 is 26.5. The summed E-state index contributed by atoms with van der Waals surface area (Å²) in [4.78, 5) is 11.0. The number of hydrogen-bond donors (Lipinski definition) is 1. The van der Waals surface area contributed by atoms with Gasteiger partial charge in [-0.2, -0.15) is 4.31 Å². The van der Waals surface area contributed by atoms with E-state index in [4.69, 9.17) is 16.7 Å². The van der Waals surface area contributed by atoms with Gasteiger partial charge in [-0.15, -0.1) is 0 Å². The minimum absolute atomic E-state index is 0.0113. The van der Waals surface area contributed by atoms with Crippen LogP contribution in [0.15, 0.2) is 21.5 Å². The highest BCUT2D eigenvalue weighted by Crippen LogP contribution is 2.33. The number of nitrogens with zero attached hydrogens (tertiary/aromatic N) is 1. The van der Waals surface area contributed by atoms with Crippen molar-refractivity contribution in [2.24, 2.45) is 0 Å². The first-order valence-corrected chi connectivity index (χ1v) is 8.56. The van der Waals surface area contributed by atoms with Gasteiger partial charge in [-0.05, 0) is 40.9 Å². The largest absolute Gasteiger partial charge is 0.478 e. The number of aromatic carboxylic acids is 1. The highest BCUT2D eigenvalue weighted by molar-refractivity contribution is 9.10. The number of benzene rings is 1. The molecular weight excluding hydrogens is 370 g/mol. The number of rotatable bonds is 4. The van der Waals surface area contributed by atoms with Crippen molar-refractivity contribution in [2.75, 3.05) is 7.05 Å². The fourth-order valence-electron chi connectivity index (χ4n) is 1.98. The summed E-state index contributed by atoms with van der Waals surface area (Å²) in [5, 5.41) is 9.06. The van der Waals surface area contributed by atoms with Gasteiger partial charge in [0.25, 0.3) is 0 Å². The van der Waals surface area contributed by atoms with Crippen molar-refractivity contribution in [1.29, 1.82) is 0 Å². The molecule has 0 saturated heterocycles. The second-order valence-electron chi connectivity index (χ2n) is 4.68. The Bertz CT molecular complexity index is 658. The monoisotopic (exact) mass is 381 g/mol. The van der Waals surface area contributed by atoms with E-state index < -0.39 is 16.0 Å². The summed E-state index contributed by atoms with van der Waals surface area (Å²) in [6.45, 7) is 0. The van der Waals surface area contributed by atoms with Gasteiger partial charge in [-0.3, -0.25) is 0 Å². The summed E-state index contributed by atoms with van der Waals surface area (Å²) in [7, 11) is -2.20. The lowest BCUT2D eigenvalue weighted by Gasteiger charge is -2.33. The molecule has 1 aliphatic rings. The minimum Gasteiger partial charge on any atom is -0.478 e. The Morgan fingerprint density at radius 1 is 1.45 bits per heavy atom. The second-order valence-corrected chi connectivity index (χ2v) is 7.91. The van der Waals surface area contributed by atoms with E-state index in [1.807, 2.05) is 0 Å². The number of carbonyl (C=O) groups is 1. The standard InChI is InChI=1S/C12H13BrClNO4S/c1-15(7-3-2-4-7)20(18,19)8-5-9(12(16)17)11(14)10(13)6-8/h5-7H,2-4H2,1H3,(H,16,17). The maximum absolute atomic E-state index is 12.5. The average molecular weight is 383 g/mol. The molecule has 1 N–H and O–H groups in total. The van der Waals surface area contributed by atoms with Gasteiger partial charge in [-0.1, -0.05) is 18.0 Å². The molecule has 0 atom stereocenters. The van der Waals surface area contributed by atoms with Crippen molar-refractivity contribution in [2.45, 2.75) is 30.2 Å². The van der Waals surface area contributed by atoms with Gasteiger partial charge in [-0.25, -0.2) is 13.2 Å². The van der Waals surface area contributed by atoms with Crippen molar-refractivity contribution in [3.05, 3.63) is 27.2 Å². The van der Waals surface area contributed by atoms with E-state index >= 15 is 0 Å². The van der Waals surface area contributed by atoms with E-state index in [0.29, 0.717) is 0 Å². The molecule has 0 radical (unpaired) electrons. The van der Waals surface area contributed by atoms with Crippen LogP contribution in [-0.4, -0.2) is 36.9 Å². The van der Waals surface area contributed by atoms with E-state index in [9.17, 15) is 13.2 Å². The predicted molar refractivity (Wildman–Crippen MR) is 78.7 cm³/mol. The van der Waals surface area contributed by atoms with Gasteiger partial charge in [0.2, 0.25) is 10.0 Å². The zero-order valence-electron chi connectivity index (χ0n) is 10.6. The molecule has 0 amide bonds. The molecule has 1 aromatic carbocycles. The molecule has 0 bridgehead atoms. The number of carboxylic acid groups (broad SMARTS) is 1. The second kappa shape index (κ2) is 5.63. The number of sulfonamides is 1. The first-order valence-electron chi connectivity index (χ1n) is 5.95. The van der Waals surface area contributed by atoms with Gasteiger partial charge in [0.1, 0.15) is 0 Å². The molecule has 8 heteroatoms. The fraction of sp³-hybridized carbons (Fsp3) is 0.417. The molecule has 0 aliphatic heterocycles. The number of carboxylic acids is 1. The van der Waals surface area contributed by atoms with E-state index in [-0.39, 0.29) is 26.0 Å². The molecule has 1 fully saturated rings. The Kier molecular flexibility index (Phi) is 4.44. The molecule has 20 heavy (non-hydrogen) atoms. The summed E-state index contributed by atoms with van der Waals surface area (Å²) in [6.07, 6.45) is 2.67. The molecule has 0 heterocycles. The topological polar surface area (TPSA) is 74.7 Å². The van der Waals surface area contributed by atoms with Crippen LogP contribution in [0.25, 0.3) is 0 Å². The molecule has 0 aromatic heterocycles. The van der Waals surface area contributed by atoms with Crippen molar-refractivity contribution < 1.29 is 18.3 Å². The van der Waals surface area contributed by atoms with Crippen LogP contribution in [0.3, 0.4) is 0 Å². The third-order valence-electron chi connectivity index (χ3n) is 3.50. The Morgan fingerprint density at radius 3 is 2.50 bits per heavy atom. The zero-order valence-corrected chi connectivity index (χ0v) is 13.8. The molecule has 0 unspecified atom stereocenters. The number of hydrogen-bond acceptors (Lipinski definition) is 3. The molecule has 1 aromatic rings. The van der Waals surface area contributed by atoms with Gasteiger partial charge in [0.05, 0.1) is 15.5 Å². The highest BCUT2D eigenvalue weighted by atomic mass is 79.9. The van der Waals surface area contributed by atoms with E-state index in [0.717, 1.165) is 25.3 Å². The third kappa shape index (κ3) is 2.72. The summed E-state index contributed by atoms with van der Waals surface area (Å²) in [5.74, 6) is -1.26. The maximum atomic E-state index is 12.5. The van der Waals surface area contributed by atoms with E-state index in [1.165, 1.54) is 17.4 Å². The Hall–Kier alpha value is -0.630. The molecule has 1 saturated carbocycles. The van der Waals surface area contributed by atoms with Crippen LogP contribution in [0.2, 0.25) is 5.02 Å². The predicted octanol–water partition coefficient (Wildman–Crippen LogP) is 2.97. The minimum atomic E-state index is -3.71. The summed E-state index contributed by atoms with van der Waals surface area (Å²) in [6, 6.07) is 2.42. The van der Waals surface area contributed by atoms with Crippen LogP contribution in [-0.2, 0) is 10.0 Å². The lowest BCUT2D eigenvalue weighted by Crippen LogP contribution is -2.41. The Balaban J connectivity index is 2.49. The zero-order chi connectivity index (χ0) is 15.1. The quantitative estimate of drug-likeness (QED) is 0.868. The van der Waals surface area contributed by atoms with Crippen LogP contribution in [0.4, 0.5) is 0 Å². The van der Waals surface area contributed by atoms with Crippen molar-refractivity contribution >= 4 is 43.5 Å². The molecule has 0 spiro atoms. The van der Waals surface area contributed by atoms with Crippen LogP contribution in [0, 0.1) is 0 Å². The molecule has 2 rings (SSSR count). The average Bonchev–Trinajstić information content (AvgIpc) is 2.29. The maximum Gasteiger partial charge on any atom is 0.337 e. The summed E-state index contributed by atoms with van der Waals surface area (Å²) >= 11 is 8.95. The van der Waals surface area contributed by atoms with Crippen molar-refractivity contribution in [3.8, 4) is 0 Å². The van der Waals surface area contributed by atoms with Gasteiger partial charge < -0.3 is 5.11 Å². The van der Waals surface area contributed by atoms with Crippen molar-refractivity contribution in [3.63, 3.8) is 0 Å². The SMILES string of the molecule is CN(C1CCC1)S(=O)(=O)c1cc(Br)c(Cl)c(C(=O)O)c1. The Labute approximate surface area is 130 Å². The summed E-state index contributed by atoms with van der Waals surface area (Å²) in [5.41, 5.74) is -0.235.